The van der Waals surface area contributed by atoms with Crippen molar-refractivity contribution in [3.63, 3.8) is 0 Å². The summed E-state index contributed by atoms with van der Waals surface area (Å²) in [6.07, 6.45) is 4.47. The summed E-state index contributed by atoms with van der Waals surface area (Å²) >= 11 is 0. The van der Waals surface area contributed by atoms with Gasteiger partial charge in [-0.25, -0.2) is 19.6 Å². The summed E-state index contributed by atoms with van der Waals surface area (Å²) in [5, 5.41) is 14.8. The van der Waals surface area contributed by atoms with Crippen LogP contribution in [0.25, 0.3) is 33.6 Å². The van der Waals surface area contributed by atoms with Crippen LogP contribution in [-0.2, 0) is 25.5 Å². The molecule has 308 valence electrons. The minimum absolute atomic E-state index is 0.111. The maximum Gasteiger partial charge on any atom is 0.407 e. The highest BCUT2D eigenvalue weighted by Crippen LogP contribution is 2.35. The standard InChI is InChI=1S/C44H50N8O7/c1-26(2)38(50-44(57)58-4)42(55)52-22-6-8-36(52)40-47-25-34(49-40)31-17-13-29(14-18-31)28-11-15-30(16-12-28)33-24-46-39(48-33)35-7-5-21-51(35)41(54)37(59-43(56)45-3)23-27-9-19-32(53)20-10-27/h9-20,24-26,35-38,53H,5-8,21-23H2,1-4H3,(H,45,56)(H,46,48)(H,47,49)(H,50,57)/t35-,36-,37-,38-/m0/s1. The fraction of sp³-hybridized carbons (Fsp3) is 0.364. The van der Waals surface area contributed by atoms with Gasteiger partial charge in [0.1, 0.15) is 23.4 Å². The minimum atomic E-state index is -1.05. The van der Waals surface area contributed by atoms with Crippen molar-refractivity contribution in [2.45, 2.75) is 70.2 Å². The second-order valence-corrected chi connectivity index (χ2v) is 15.3. The number of imidazole rings is 2. The van der Waals surface area contributed by atoms with Crippen LogP contribution in [0.15, 0.2) is 85.2 Å². The predicted octanol–water partition coefficient (Wildman–Crippen LogP) is 6.51. The van der Waals surface area contributed by atoms with Crippen molar-refractivity contribution in [1.82, 2.24) is 40.4 Å². The van der Waals surface area contributed by atoms with Gasteiger partial charge in [0.2, 0.25) is 5.91 Å². The molecule has 0 bridgehead atoms. The molecule has 5 N–H and O–H groups in total. The molecule has 7 rings (SSSR count). The largest absolute Gasteiger partial charge is 0.508 e. The first kappa shape index (κ1) is 40.6. The summed E-state index contributed by atoms with van der Waals surface area (Å²) in [6.45, 7) is 4.88. The van der Waals surface area contributed by atoms with Gasteiger partial charge in [0.05, 0.1) is 43.0 Å². The number of H-pyrrole nitrogens is 2. The zero-order chi connectivity index (χ0) is 41.6. The van der Waals surface area contributed by atoms with E-state index in [0.29, 0.717) is 31.2 Å². The van der Waals surface area contributed by atoms with Crippen LogP contribution in [0.3, 0.4) is 0 Å². The van der Waals surface area contributed by atoms with Gasteiger partial charge in [0, 0.05) is 26.6 Å². The molecule has 0 unspecified atom stereocenters. The van der Waals surface area contributed by atoms with E-state index in [-0.39, 0.29) is 42.0 Å². The maximum absolute atomic E-state index is 13.9. The van der Waals surface area contributed by atoms with Gasteiger partial charge in [0.15, 0.2) is 6.10 Å². The highest BCUT2D eigenvalue weighted by atomic mass is 16.6. The molecular formula is C44H50N8O7. The molecule has 0 spiro atoms. The Morgan fingerprint density at radius 1 is 0.746 bits per heavy atom. The Labute approximate surface area is 342 Å². The molecule has 0 saturated carbocycles. The molecule has 15 heteroatoms. The lowest BCUT2D eigenvalue weighted by atomic mass is 10.0. The van der Waals surface area contributed by atoms with E-state index in [9.17, 15) is 24.3 Å². The van der Waals surface area contributed by atoms with Crippen molar-refractivity contribution < 1.29 is 33.8 Å². The third kappa shape index (κ3) is 9.09. The summed E-state index contributed by atoms with van der Waals surface area (Å²) in [4.78, 5) is 71.3. The van der Waals surface area contributed by atoms with Crippen molar-refractivity contribution in [3.8, 4) is 39.4 Å². The zero-order valence-corrected chi connectivity index (χ0v) is 33.6. The average Bonchev–Trinajstić information content (AvgIpc) is 4.10. The Bertz CT molecular complexity index is 2250. The Hall–Kier alpha value is -6.64. The van der Waals surface area contributed by atoms with Gasteiger partial charge in [0.25, 0.3) is 5.91 Å². The number of ether oxygens (including phenoxy) is 2. The number of carbonyl (C=O) groups is 4. The number of phenolic OH excluding ortho intramolecular Hbond substituents is 1. The topological polar surface area (TPSA) is 195 Å². The van der Waals surface area contributed by atoms with Gasteiger partial charge in [-0.05, 0) is 71.6 Å². The fourth-order valence-corrected chi connectivity index (χ4v) is 7.90. The summed E-state index contributed by atoms with van der Waals surface area (Å²) in [6, 6.07) is 21.6. The zero-order valence-electron chi connectivity index (χ0n) is 33.6. The summed E-state index contributed by atoms with van der Waals surface area (Å²) < 4.78 is 10.3. The number of methoxy groups -OCH3 is 1. The van der Waals surface area contributed by atoms with E-state index in [1.807, 2.05) is 38.1 Å². The first-order chi connectivity index (χ1) is 28.5. The number of hydrogen-bond acceptors (Lipinski definition) is 9. The first-order valence-electron chi connectivity index (χ1n) is 20.0. The van der Waals surface area contributed by atoms with Crippen molar-refractivity contribution >= 4 is 24.0 Å². The number of aromatic amines is 2. The van der Waals surface area contributed by atoms with Crippen LogP contribution in [0.5, 0.6) is 5.75 Å². The van der Waals surface area contributed by atoms with Gasteiger partial charge >= 0.3 is 12.2 Å². The Morgan fingerprint density at radius 2 is 1.24 bits per heavy atom. The van der Waals surface area contributed by atoms with Crippen LogP contribution in [0, 0.1) is 5.92 Å². The third-order valence-electron chi connectivity index (χ3n) is 11.1. The molecular weight excluding hydrogens is 753 g/mol. The van der Waals surface area contributed by atoms with Gasteiger partial charge < -0.3 is 45.0 Å². The quantitative estimate of drug-likeness (QED) is 0.0934. The van der Waals surface area contributed by atoms with Crippen molar-refractivity contribution in [2.75, 3.05) is 27.2 Å². The second kappa shape index (κ2) is 17.9. The van der Waals surface area contributed by atoms with E-state index >= 15 is 0 Å². The smallest absolute Gasteiger partial charge is 0.407 e. The molecule has 2 saturated heterocycles. The van der Waals surface area contributed by atoms with E-state index in [1.165, 1.54) is 26.3 Å². The number of rotatable bonds is 12. The number of aromatic hydroxyl groups is 1. The van der Waals surface area contributed by atoms with E-state index in [2.05, 4.69) is 54.8 Å². The summed E-state index contributed by atoms with van der Waals surface area (Å²) in [7, 11) is 2.73. The maximum atomic E-state index is 13.9. The lowest BCUT2D eigenvalue weighted by Gasteiger charge is -2.30. The summed E-state index contributed by atoms with van der Waals surface area (Å²) in [5.74, 6) is 0.926. The fourth-order valence-electron chi connectivity index (χ4n) is 7.90. The lowest BCUT2D eigenvalue weighted by molar-refractivity contribution is -0.141. The van der Waals surface area contributed by atoms with Crippen molar-refractivity contribution in [3.05, 3.63) is 102 Å². The molecule has 4 amide bonds. The van der Waals surface area contributed by atoms with Crippen LogP contribution in [0.1, 0.15) is 68.8 Å². The van der Waals surface area contributed by atoms with Crippen LogP contribution in [-0.4, -0.2) is 98.2 Å². The first-order valence-corrected chi connectivity index (χ1v) is 20.0. The van der Waals surface area contributed by atoms with E-state index < -0.39 is 24.3 Å². The molecule has 0 aliphatic carbocycles. The van der Waals surface area contributed by atoms with E-state index in [1.54, 1.807) is 34.3 Å². The number of carbonyl (C=O) groups excluding carboxylic acids is 4. The van der Waals surface area contributed by atoms with Crippen LogP contribution in [0.4, 0.5) is 9.59 Å². The molecule has 4 atom stereocenters. The molecule has 2 aliphatic rings. The number of benzene rings is 3. The van der Waals surface area contributed by atoms with Gasteiger partial charge in [-0.3, -0.25) is 9.59 Å². The van der Waals surface area contributed by atoms with E-state index in [4.69, 9.17) is 9.47 Å². The highest BCUT2D eigenvalue weighted by molar-refractivity contribution is 5.86. The number of likely N-dealkylation sites (tertiary alicyclic amines) is 2. The number of hydrogen-bond donors (Lipinski definition) is 5. The Morgan fingerprint density at radius 3 is 1.71 bits per heavy atom. The molecule has 59 heavy (non-hydrogen) atoms. The van der Waals surface area contributed by atoms with Crippen LogP contribution >= 0.6 is 0 Å². The normalized spacial score (nSPS) is 17.4. The average molecular weight is 803 g/mol. The lowest BCUT2D eigenvalue weighted by Crippen LogP contribution is -2.51. The van der Waals surface area contributed by atoms with Gasteiger partial charge in [-0.2, -0.15) is 0 Å². The Balaban J connectivity index is 1.000. The third-order valence-corrected chi connectivity index (χ3v) is 11.1. The number of aromatic nitrogens is 4. The minimum Gasteiger partial charge on any atom is -0.508 e. The summed E-state index contributed by atoms with van der Waals surface area (Å²) in [5.41, 5.74) is 6.40. The predicted molar refractivity (Wildman–Crippen MR) is 220 cm³/mol. The number of amides is 4. The molecule has 2 aliphatic heterocycles. The van der Waals surface area contributed by atoms with E-state index in [0.717, 1.165) is 58.5 Å². The molecule has 0 radical (unpaired) electrons. The Kier molecular flexibility index (Phi) is 12.3. The second-order valence-electron chi connectivity index (χ2n) is 15.3. The van der Waals surface area contributed by atoms with Gasteiger partial charge in [-0.1, -0.05) is 74.5 Å². The van der Waals surface area contributed by atoms with Crippen molar-refractivity contribution in [2.24, 2.45) is 5.92 Å². The molecule has 4 heterocycles. The van der Waals surface area contributed by atoms with Gasteiger partial charge in [-0.15, -0.1) is 0 Å². The SMILES string of the molecule is CNC(=O)O[C@@H](Cc1ccc(O)cc1)C(=O)N1CCC[C@H]1c1ncc(-c2ccc(-c3ccc(-c4cnc([C@@H]5CCCN5C(=O)[C@@H](NC(=O)OC)C(C)C)[nH]4)cc3)cc2)[nH]1. The number of alkyl carbamates (subject to hydrolysis) is 2. The van der Waals surface area contributed by atoms with Crippen molar-refractivity contribution in [1.29, 1.82) is 0 Å². The molecule has 2 aromatic heterocycles. The van der Waals surface area contributed by atoms with Crippen LogP contribution in [0.2, 0.25) is 0 Å². The number of nitrogens with zero attached hydrogens (tertiary/aromatic N) is 4. The molecule has 3 aromatic carbocycles. The highest BCUT2D eigenvalue weighted by Gasteiger charge is 2.39. The molecule has 5 aromatic rings. The van der Waals surface area contributed by atoms with Crippen LogP contribution < -0.4 is 10.6 Å². The monoisotopic (exact) mass is 802 g/mol. The molecule has 15 nitrogen and oxygen atoms in total. The number of nitrogens with one attached hydrogen (secondary N) is 4. The number of phenols is 1. The molecule has 2 fully saturated rings.